The highest BCUT2D eigenvalue weighted by Crippen LogP contribution is 2.45. The third-order valence-electron chi connectivity index (χ3n) is 3.70. The summed E-state index contributed by atoms with van der Waals surface area (Å²) in [5.41, 5.74) is 0.505. The molecule has 12 heavy (non-hydrogen) atoms. The van der Waals surface area contributed by atoms with Crippen LogP contribution in [0.4, 0.5) is 0 Å². The monoisotopic (exact) mass is 169 g/mol. The molecule has 0 aliphatic rings. The zero-order valence-electron chi connectivity index (χ0n) is 9.70. The number of hydrogen-bond acceptors (Lipinski definition) is 0. The maximum absolute atomic E-state index is 4.25. The van der Waals surface area contributed by atoms with E-state index in [-0.39, 0.29) is 5.41 Å². The Balaban J connectivity index is 4.38. The van der Waals surface area contributed by atoms with Crippen molar-refractivity contribution in [3.8, 4) is 0 Å². The van der Waals surface area contributed by atoms with Crippen molar-refractivity contribution in [1.82, 2.24) is 0 Å². The van der Waals surface area contributed by atoms with Crippen LogP contribution in [-0.4, -0.2) is 0 Å². The molecular formula is C12H25. The Morgan fingerprint density at radius 2 is 1.58 bits per heavy atom. The van der Waals surface area contributed by atoms with Gasteiger partial charge in [0.15, 0.2) is 0 Å². The molecule has 73 valence electrons. The third kappa shape index (κ3) is 2.50. The molecule has 1 radical (unpaired) electrons. The Labute approximate surface area is 78.8 Å². The summed E-state index contributed by atoms with van der Waals surface area (Å²) in [6.45, 7) is 18.0. The highest BCUT2D eigenvalue weighted by atomic mass is 14.4. The molecule has 0 aromatic rings. The van der Waals surface area contributed by atoms with Gasteiger partial charge < -0.3 is 0 Å². The summed E-state index contributed by atoms with van der Waals surface area (Å²) in [5, 5.41) is 0. The Morgan fingerprint density at radius 3 is 1.83 bits per heavy atom. The summed E-state index contributed by atoms with van der Waals surface area (Å²) in [5.74, 6) is 0.759. The van der Waals surface area contributed by atoms with Gasteiger partial charge in [-0.15, -0.1) is 0 Å². The van der Waals surface area contributed by atoms with Crippen molar-refractivity contribution in [3.63, 3.8) is 0 Å². The fourth-order valence-corrected chi connectivity index (χ4v) is 1.46. The van der Waals surface area contributed by atoms with Crippen molar-refractivity contribution in [2.45, 2.75) is 54.4 Å². The topological polar surface area (TPSA) is 0 Å². The average Bonchev–Trinajstić information content (AvgIpc) is 1.85. The van der Waals surface area contributed by atoms with E-state index in [1.807, 2.05) is 0 Å². The first kappa shape index (κ1) is 12.0. The van der Waals surface area contributed by atoms with Gasteiger partial charge >= 0.3 is 0 Å². The molecule has 0 aromatic heterocycles. The van der Waals surface area contributed by atoms with Crippen LogP contribution >= 0.6 is 0 Å². The Morgan fingerprint density at radius 1 is 1.17 bits per heavy atom. The van der Waals surface area contributed by atoms with Crippen LogP contribution in [0.25, 0.3) is 0 Å². The zero-order valence-corrected chi connectivity index (χ0v) is 9.70. The molecule has 1 unspecified atom stereocenters. The van der Waals surface area contributed by atoms with Crippen LogP contribution in [0.1, 0.15) is 54.4 Å². The SMILES string of the molecule is [CH2]C(C)(C)C(C)(C)C(C)CCC. The molecule has 0 heterocycles. The first-order valence-corrected chi connectivity index (χ1v) is 5.08. The molecular weight excluding hydrogens is 144 g/mol. The minimum atomic E-state index is 0.168. The summed E-state index contributed by atoms with van der Waals surface area (Å²) in [7, 11) is 0. The highest BCUT2D eigenvalue weighted by molar-refractivity contribution is 4.90. The normalized spacial score (nSPS) is 16.2. The number of hydrogen-bond donors (Lipinski definition) is 0. The van der Waals surface area contributed by atoms with Crippen LogP contribution in [0, 0.1) is 23.7 Å². The van der Waals surface area contributed by atoms with E-state index < -0.39 is 0 Å². The predicted octanol–water partition coefficient (Wildman–Crippen LogP) is 4.31. The van der Waals surface area contributed by atoms with Gasteiger partial charge in [0.2, 0.25) is 0 Å². The van der Waals surface area contributed by atoms with Gasteiger partial charge in [-0.05, 0) is 23.7 Å². The standard InChI is InChI=1S/C12H25/c1-8-9-10(2)12(6,7)11(3,4)5/h10H,3,8-9H2,1-2,4-7H3. The molecule has 0 aliphatic carbocycles. The first-order chi connectivity index (χ1) is 5.23. The van der Waals surface area contributed by atoms with Crippen molar-refractivity contribution in [2.75, 3.05) is 0 Å². The predicted molar refractivity (Wildman–Crippen MR) is 57.0 cm³/mol. The fraction of sp³-hybridized carbons (Fsp3) is 0.917. The van der Waals surface area contributed by atoms with Crippen LogP contribution in [0.15, 0.2) is 0 Å². The summed E-state index contributed by atoms with van der Waals surface area (Å²) < 4.78 is 0. The smallest absolute Gasteiger partial charge is 0.0277 e. The summed E-state index contributed by atoms with van der Waals surface area (Å²) in [4.78, 5) is 0. The lowest BCUT2D eigenvalue weighted by Crippen LogP contribution is -2.35. The molecule has 0 saturated heterocycles. The lowest BCUT2D eigenvalue weighted by atomic mass is 9.62. The molecule has 0 fully saturated rings. The Hall–Kier alpha value is 0. The van der Waals surface area contributed by atoms with Crippen molar-refractivity contribution >= 4 is 0 Å². The van der Waals surface area contributed by atoms with Crippen LogP contribution in [0.2, 0.25) is 0 Å². The van der Waals surface area contributed by atoms with Gasteiger partial charge in [0, 0.05) is 0 Å². The molecule has 0 bridgehead atoms. The molecule has 0 nitrogen and oxygen atoms in total. The van der Waals surface area contributed by atoms with Crippen LogP contribution < -0.4 is 0 Å². The minimum absolute atomic E-state index is 0.168. The lowest BCUT2D eigenvalue weighted by Gasteiger charge is -2.43. The molecule has 0 N–H and O–H groups in total. The van der Waals surface area contributed by atoms with Crippen LogP contribution in [0.5, 0.6) is 0 Å². The second-order valence-electron chi connectivity index (χ2n) is 5.30. The van der Waals surface area contributed by atoms with E-state index in [4.69, 9.17) is 0 Å². The van der Waals surface area contributed by atoms with E-state index in [0.717, 1.165) is 5.92 Å². The van der Waals surface area contributed by atoms with E-state index in [9.17, 15) is 0 Å². The van der Waals surface area contributed by atoms with Gasteiger partial charge in [0.1, 0.15) is 0 Å². The van der Waals surface area contributed by atoms with E-state index in [0.29, 0.717) is 5.41 Å². The molecule has 0 saturated carbocycles. The van der Waals surface area contributed by atoms with E-state index in [1.165, 1.54) is 12.8 Å². The van der Waals surface area contributed by atoms with Crippen LogP contribution in [0.3, 0.4) is 0 Å². The van der Waals surface area contributed by atoms with Gasteiger partial charge in [0.25, 0.3) is 0 Å². The lowest BCUT2D eigenvalue weighted by molar-refractivity contribution is 0.0809. The summed E-state index contributed by atoms with van der Waals surface area (Å²) >= 11 is 0. The third-order valence-corrected chi connectivity index (χ3v) is 3.70. The molecule has 0 rings (SSSR count). The van der Waals surface area contributed by atoms with Gasteiger partial charge in [-0.1, -0.05) is 54.4 Å². The Kier molecular flexibility index (Phi) is 3.81. The molecule has 0 aliphatic heterocycles. The largest absolute Gasteiger partial charge is 0.0654 e. The fourth-order valence-electron chi connectivity index (χ4n) is 1.46. The molecule has 0 amide bonds. The maximum Gasteiger partial charge on any atom is -0.0277 e. The minimum Gasteiger partial charge on any atom is -0.0654 e. The van der Waals surface area contributed by atoms with Crippen molar-refractivity contribution < 1.29 is 0 Å². The van der Waals surface area contributed by atoms with Crippen molar-refractivity contribution in [1.29, 1.82) is 0 Å². The van der Waals surface area contributed by atoms with Crippen LogP contribution in [-0.2, 0) is 0 Å². The zero-order chi connectivity index (χ0) is 9.99. The second kappa shape index (κ2) is 3.81. The maximum atomic E-state index is 4.25. The molecule has 0 spiro atoms. The summed E-state index contributed by atoms with van der Waals surface area (Å²) in [6, 6.07) is 0. The Bertz CT molecular complexity index is 125. The van der Waals surface area contributed by atoms with Crippen molar-refractivity contribution in [3.05, 3.63) is 6.92 Å². The van der Waals surface area contributed by atoms with Gasteiger partial charge in [0.05, 0.1) is 0 Å². The van der Waals surface area contributed by atoms with Gasteiger partial charge in [-0.3, -0.25) is 0 Å². The molecule has 0 aromatic carbocycles. The quantitative estimate of drug-likeness (QED) is 0.588. The highest BCUT2D eigenvalue weighted by Gasteiger charge is 2.36. The first-order valence-electron chi connectivity index (χ1n) is 5.08. The van der Waals surface area contributed by atoms with Crippen molar-refractivity contribution in [2.24, 2.45) is 16.7 Å². The van der Waals surface area contributed by atoms with Gasteiger partial charge in [-0.25, -0.2) is 0 Å². The molecule has 0 heteroatoms. The second-order valence-corrected chi connectivity index (χ2v) is 5.30. The van der Waals surface area contributed by atoms with E-state index >= 15 is 0 Å². The van der Waals surface area contributed by atoms with E-state index in [2.05, 4.69) is 48.5 Å². The molecule has 1 atom stereocenters. The number of rotatable bonds is 4. The van der Waals surface area contributed by atoms with E-state index in [1.54, 1.807) is 0 Å². The summed E-state index contributed by atoms with van der Waals surface area (Å²) in [6.07, 6.45) is 2.59. The van der Waals surface area contributed by atoms with Gasteiger partial charge in [-0.2, -0.15) is 0 Å². The average molecular weight is 169 g/mol.